The van der Waals surface area contributed by atoms with Gasteiger partial charge in [-0.25, -0.2) is 8.78 Å². The normalized spacial score (nSPS) is 13.0. The topological polar surface area (TPSA) is 20.3 Å². The predicted octanol–water partition coefficient (Wildman–Crippen LogP) is 6.37. The van der Waals surface area contributed by atoms with Crippen molar-refractivity contribution in [3.63, 3.8) is 0 Å². The van der Waals surface area contributed by atoms with Crippen molar-refractivity contribution >= 4 is 5.91 Å². The van der Waals surface area contributed by atoms with Crippen LogP contribution in [0.15, 0.2) is 97.1 Å². The van der Waals surface area contributed by atoms with Gasteiger partial charge in [0, 0.05) is 18.2 Å². The van der Waals surface area contributed by atoms with Crippen LogP contribution in [-0.2, 0) is 30.6 Å². The highest BCUT2D eigenvalue weighted by Crippen LogP contribution is 2.30. The number of amides is 1. The second-order valence-electron chi connectivity index (χ2n) is 8.79. The Morgan fingerprint density at radius 3 is 2.00 bits per heavy atom. The van der Waals surface area contributed by atoms with Gasteiger partial charge in [0.05, 0.1) is 6.42 Å². The molecule has 1 amide bonds. The zero-order valence-electron chi connectivity index (χ0n) is 18.8. The Hall–Kier alpha value is -3.79. The Bertz CT molecular complexity index is 1290. The first-order valence-corrected chi connectivity index (χ1v) is 11.5. The molecule has 0 spiro atoms. The highest BCUT2D eigenvalue weighted by atomic mass is 19.1. The highest BCUT2D eigenvalue weighted by molar-refractivity contribution is 5.82. The van der Waals surface area contributed by atoms with Crippen LogP contribution in [0.5, 0.6) is 0 Å². The van der Waals surface area contributed by atoms with E-state index in [4.69, 9.17) is 0 Å². The van der Waals surface area contributed by atoms with Crippen molar-refractivity contribution in [1.82, 2.24) is 4.90 Å². The number of halogens is 2. The fourth-order valence-electron chi connectivity index (χ4n) is 4.84. The average Bonchev–Trinajstić information content (AvgIpc) is 3.28. The average molecular weight is 454 g/mol. The molecule has 0 aromatic heterocycles. The number of hydrogen-bond donors (Lipinski definition) is 0. The number of carbonyl (C=O) groups excluding carboxylic acids is 1. The van der Waals surface area contributed by atoms with Crippen LogP contribution < -0.4 is 0 Å². The Labute approximate surface area is 198 Å². The van der Waals surface area contributed by atoms with E-state index in [0.717, 1.165) is 29.5 Å². The lowest BCUT2D eigenvalue weighted by atomic mass is 9.96. The smallest absolute Gasteiger partial charge is 0.227 e. The van der Waals surface area contributed by atoms with E-state index in [-0.39, 0.29) is 30.0 Å². The van der Waals surface area contributed by atoms with Crippen molar-refractivity contribution in [3.8, 4) is 11.1 Å². The lowest BCUT2D eigenvalue weighted by Crippen LogP contribution is -2.41. The molecule has 0 saturated carbocycles. The van der Waals surface area contributed by atoms with Gasteiger partial charge in [-0.05, 0) is 58.9 Å². The van der Waals surface area contributed by atoms with Gasteiger partial charge in [-0.2, -0.15) is 0 Å². The van der Waals surface area contributed by atoms with Gasteiger partial charge >= 0.3 is 0 Å². The van der Waals surface area contributed by atoms with Crippen LogP contribution in [0.3, 0.4) is 0 Å². The molecule has 0 aliphatic heterocycles. The van der Waals surface area contributed by atoms with Gasteiger partial charge in [-0.15, -0.1) is 0 Å². The monoisotopic (exact) mass is 453 g/mol. The van der Waals surface area contributed by atoms with Crippen molar-refractivity contribution < 1.29 is 13.6 Å². The molecule has 170 valence electrons. The Kier molecular flexibility index (Phi) is 6.22. The van der Waals surface area contributed by atoms with Crippen molar-refractivity contribution in [2.75, 3.05) is 0 Å². The van der Waals surface area contributed by atoms with Crippen molar-refractivity contribution in [2.24, 2.45) is 0 Å². The summed E-state index contributed by atoms with van der Waals surface area (Å²) in [6.07, 6.45) is 1.74. The molecule has 0 heterocycles. The van der Waals surface area contributed by atoms with Gasteiger partial charge in [0.2, 0.25) is 5.91 Å². The van der Waals surface area contributed by atoms with E-state index < -0.39 is 0 Å². The molecular weight excluding hydrogens is 428 g/mol. The Morgan fingerprint density at radius 2 is 1.32 bits per heavy atom. The molecule has 4 heteroatoms. The Morgan fingerprint density at radius 1 is 0.735 bits per heavy atom. The predicted molar refractivity (Wildman–Crippen MR) is 130 cm³/mol. The molecule has 4 aromatic rings. The quantitative estimate of drug-likeness (QED) is 0.332. The SMILES string of the molecule is O=C(Cc1ccccc1-c1ccccc1F)N(Cc1ccc(F)cc1)C1Cc2ccccc2C1. The number of benzene rings is 4. The van der Waals surface area contributed by atoms with Crippen molar-refractivity contribution in [2.45, 2.75) is 31.8 Å². The van der Waals surface area contributed by atoms with E-state index in [0.29, 0.717) is 12.1 Å². The molecule has 0 bridgehead atoms. The molecule has 0 atom stereocenters. The molecule has 1 aliphatic rings. The molecule has 5 rings (SSSR count). The summed E-state index contributed by atoms with van der Waals surface area (Å²) in [5.74, 6) is -0.628. The van der Waals surface area contributed by atoms with Gasteiger partial charge in [-0.3, -0.25) is 4.79 Å². The molecule has 34 heavy (non-hydrogen) atoms. The van der Waals surface area contributed by atoms with Crippen LogP contribution >= 0.6 is 0 Å². The third kappa shape index (κ3) is 4.62. The minimum atomic E-state index is -0.309. The van der Waals surface area contributed by atoms with Gasteiger partial charge < -0.3 is 4.90 Å². The summed E-state index contributed by atoms with van der Waals surface area (Å²) in [7, 11) is 0. The number of nitrogens with zero attached hydrogens (tertiary/aromatic N) is 1. The summed E-state index contributed by atoms with van der Waals surface area (Å²) >= 11 is 0. The van der Waals surface area contributed by atoms with Crippen LogP contribution in [-0.4, -0.2) is 16.8 Å². The molecule has 1 aliphatic carbocycles. The summed E-state index contributed by atoms with van der Waals surface area (Å²) in [6, 6.07) is 28.7. The van der Waals surface area contributed by atoms with E-state index in [1.54, 1.807) is 30.3 Å². The maximum absolute atomic E-state index is 14.5. The number of rotatable bonds is 6. The fourth-order valence-corrected chi connectivity index (χ4v) is 4.84. The summed E-state index contributed by atoms with van der Waals surface area (Å²) in [6.45, 7) is 0.402. The standard InChI is InChI=1S/C30H25F2NO/c31-25-15-13-21(14-16-25)20-33(26-17-22-7-1-2-8-23(22)18-26)30(34)19-24-9-3-4-10-27(24)28-11-5-6-12-29(28)32/h1-16,26H,17-20H2. The second kappa shape index (κ2) is 9.60. The first-order chi connectivity index (χ1) is 16.6. The van der Waals surface area contributed by atoms with E-state index in [1.807, 2.05) is 41.3 Å². The van der Waals surface area contributed by atoms with E-state index >= 15 is 0 Å². The minimum absolute atomic E-state index is 0.0223. The van der Waals surface area contributed by atoms with E-state index in [9.17, 15) is 13.6 Å². The maximum Gasteiger partial charge on any atom is 0.227 e. The zero-order valence-corrected chi connectivity index (χ0v) is 18.8. The highest BCUT2D eigenvalue weighted by Gasteiger charge is 2.30. The number of hydrogen-bond acceptors (Lipinski definition) is 1. The molecule has 0 N–H and O–H groups in total. The molecule has 2 nitrogen and oxygen atoms in total. The van der Waals surface area contributed by atoms with Gasteiger partial charge in [-0.1, -0.05) is 78.9 Å². The molecular formula is C30H25F2NO. The van der Waals surface area contributed by atoms with Crippen molar-refractivity contribution in [1.29, 1.82) is 0 Å². The van der Waals surface area contributed by atoms with Crippen LogP contribution in [0, 0.1) is 11.6 Å². The van der Waals surface area contributed by atoms with Crippen LogP contribution in [0.1, 0.15) is 22.3 Å². The summed E-state index contributed by atoms with van der Waals surface area (Å²) in [5, 5.41) is 0. The van der Waals surface area contributed by atoms with E-state index in [1.165, 1.54) is 29.3 Å². The van der Waals surface area contributed by atoms with Crippen LogP contribution in [0.2, 0.25) is 0 Å². The third-order valence-corrected chi connectivity index (χ3v) is 6.58. The van der Waals surface area contributed by atoms with E-state index in [2.05, 4.69) is 12.1 Å². The molecule has 0 fully saturated rings. The largest absolute Gasteiger partial charge is 0.334 e. The molecule has 0 radical (unpaired) electrons. The van der Waals surface area contributed by atoms with Gasteiger partial charge in [0.25, 0.3) is 0 Å². The third-order valence-electron chi connectivity index (χ3n) is 6.58. The fraction of sp³-hybridized carbons (Fsp3) is 0.167. The zero-order chi connectivity index (χ0) is 23.5. The number of carbonyl (C=O) groups is 1. The summed E-state index contributed by atoms with van der Waals surface area (Å²) in [4.78, 5) is 15.7. The van der Waals surface area contributed by atoms with Gasteiger partial charge in [0.15, 0.2) is 0 Å². The van der Waals surface area contributed by atoms with Crippen LogP contribution in [0.25, 0.3) is 11.1 Å². The summed E-state index contributed by atoms with van der Waals surface area (Å²) in [5.41, 5.74) is 5.41. The first kappa shape index (κ1) is 22.0. The lowest BCUT2D eigenvalue weighted by molar-refractivity contribution is -0.133. The molecule has 0 saturated heterocycles. The summed E-state index contributed by atoms with van der Waals surface area (Å²) < 4.78 is 28.0. The van der Waals surface area contributed by atoms with Gasteiger partial charge in [0.1, 0.15) is 11.6 Å². The number of fused-ring (bicyclic) bond motifs is 1. The maximum atomic E-state index is 14.5. The Balaban J connectivity index is 1.45. The lowest BCUT2D eigenvalue weighted by Gasteiger charge is -2.30. The molecule has 4 aromatic carbocycles. The second-order valence-corrected chi connectivity index (χ2v) is 8.79. The first-order valence-electron chi connectivity index (χ1n) is 11.5. The minimum Gasteiger partial charge on any atom is -0.334 e. The van der Waals surface area contributed by atoms with Crippen LogP contribution in [0.4, 0.5) is 8.78 Å². The van der Waals surface area contributed by atoms with Crippen molar-refractivity contribution in [3.05, 3.63) is 131 Å². The molecule has 0 unspecified atom stereocenters.